The van der Waals surface area contributed by atoms with Gasteiger partial charge >= 0.3 is 0 Å². The third kappa shape index (κ3) is 8.32. The summed E-state index contributed by atoms with van der Waals surface area (Å²) in [4.78, 5) is 6.32. The number of hydrogen-bond acceptors (Lipinski definition) is 7. The summed E-state index contributed by atoms with van der Waals surface area (Å²) < 4.78 is 29.4. The van der Waals surface area contributed by atoms with Crippen molar-refractivity contribution in [1.82, 2.24) is 4.72 Å². The molecule has 10 heteroatoms. The highest BCUT2D eigenvalue weighted by atomic mass is 32.2. The molecule has 1 aromatic heterocycles. The molecule has 1 aliphatic carbocycles. The lowest BCUT2D eigenvalue weighted by Gasteiger charge is -2.34. The predicted octanol–water partition coefficient (Wildman–Crippen LogP) is 9.12. The quantitative estimate of drug-likeness (QED) is 0.123. The zero-order valence-electron chi connectivity index (χ0n) is 27.3. The summed E-state index contributed by atoms with van der Waals surface area (Å²) in [7, 11) is -3.20. The Morgan fingerprint density at radius 3 is 2.53 bits per heavy atom. The summed E-state index contributed by atoms with van der Waals surface area (Å²) in [6.45, 7) is 11.4. The van der Waals surface area contributed by atoms with Crippen LogP contribution in [0.3, 0.4) is 0 Å². The summed E-state index contributed by atoms with van der Waals surface area (Å²) >= 11 is 7.20. The van der Waals surface area contributed by atoms with Gasteiger partial charge in [-0.25, -0.2) is 13.1 Å². The van der Waals surface area contributed by atoms with Gasteiger partial charge in [0.25, 0.3) is 5.01 Å². The third-order valence-corrected chi connectivity index (χ3v) is 12.7. The van der Waals surface area contributed by atoms with Crippen LogP contribution < -0.4 is 14.2 Å². The second-order valence-corrected chi connectivity index (χ2v) is 18.0. The van der Waals surface area contributed by atoms with Crippen LogP contribution in [-0.4, -0.2) is 40.3 Å². The first-order valence-electron chi connectivity index (χ1n) is 15.3. The number of hydrogen-bond donors (Lipinski definition) is 1. The summed E-state index contributed by atoms with van der Waals surface area (Å²) in [6, 6.07) is 13.4. The van der Waals surface area contributed by atoms with Gasteiger partial charge in [0.2, 0.25) is 15.5 Å². The van der Waals surface area contributed by atoms with E-state index in [0.717, 1.165) is 32.4 Å². The van der Waals surface area contributed by atoms with E-state index in [1.807, 2.05) is 11.8 Å². The largest absolute Gasteiger partial charge is 0.335 e. The number of aromatic nitrogens is 1. The molecule has 1 N–H and O–H groups in total. The van der Waals surface area contributed by atoms with Crippen LogP contribution in [0.15, 0.2) is 91.1 Å². The second-order valence-electron chi connectivity index (χ2n) is 12.3. The molecule has 240 valence electrons. The SMILES string of the molecule is CCN1/C(=C/C2=C(C)C(=C/C=C/c3sc4ccc(SC)cc4[n+]3CCCNS(C)(=O)=O)/CC(C)(C)C2)Sc2ccc(SC)cc21. The number of nitrogens with one attached hydrogen (secondary N) is 1. The van der Waals surface area contributed by atoms with E-state index in [9.17, 15) is 8.42 Å². The Kier molecular flexibility index (Phi) is 11.0. The van der Waals surface area contributed by atoms with Crippen molar-refractivity contribution in [2.45, 2.75) is 68.2 Å². The maximum atomic E-state index is 11.6. The Morgan fingerprint density at radius 1 is 1.09 bits per heavy atom. The van der Waals surface area contributed by atoms with Crippen molar-refractivity contribution in [3.8, 4) is 0 Å². The van der Waals surface area contributed by atoms with Crippen LogP contribution in [-0.2, 0) is 16.6 Å². The lowest BCUT2D eigenvalue weighted by atomic mass is 9.72. The van der Waals surface area contributed by atoms with E-state index < -0.39 is 10.0 Å². The van der Waals surface area contributed by atoms with Gasteiger partial charge in [0.15, 0.2) is 6.54 Å². The lowest BCUT2D eigenvalue weighted by molar-refractivity contribution is -0.669. The zero-order valence-corrected chi connectivity index (χ0v) is 31.4. The molecule has 0 amide bonds. The topological polar surface area (TPSA) is 53.3 Å². The summed E-state index contributed by atoms with van der Waals surface area (Å²) in [5, 5.41) is 2.48. The van der Waals surface area contributed by atoms with E-state index >= 15 is 0 Å². The minimum Gasteiger partial charge on any atom is -0.335 e. The molecule has 3 aromatic rings. The minimum absolute atomic E-state index is 0.170. The van der Waals surface area contributed by atoms with Gasteiger partial charge in [0, 0.05) is 46.3 Å². The van der Waals surface area contributed by atoms with Gasteiger partial charge in [-0.2, -0.15) is 4.57 Å². The average Bonchev–Trinajstić information content (AvgIpc) is 3.52. The molecule has 0 bridgehead atoms. The van der Waals surface area contributed by atoms with E-state index in [-0.39, 0.29) is 5.41 Å². The number of thioether (sulfide) groups is 3. The highest BCUT2D eigenvalue weighted by molar-refractivity contribution is 8.03. The lowest BCUT2D eigenvalue weighted by Crippen LogP contribution is -2.37. The molecule has 0 fully saturated rings. The van der Waals surface area contributed by atoms with Crippen molar-refractivity contribution in [2.75, 3.05) is 36.8 Å². The van der Waals surface area contributed by atoms with Crippen LogP contribution in [0, 0.1) is 5.41 Å². The van der Waals surface area contributed by atoms with Crippen molar-refractivity contribution < 1.29 is 13.0 Å². The zero-order chi connectivity index (χ0) is 32.4. The van der Waals surface area contributed by atoms with Gasteiger partial charge < -0.3 is 4.90 Å². The fraction of sp³-hybridized carbons (Fsp3) is 0.400. The number of aryl methyl sites for hydroxylation is 1. The molecular formula is C35H44N3O2S5+. The standard InChI is InChI=1S/C35H44N3O2S5/c1-8-37-29-20-27(41-5)13-15-31(29)44-34(37)19-26-23-35(3,4)22-25(24(26)2)11-9-12-33-38(18-10-17-36-45(7,39)40)30-21-28(42-6)14-16-32(30)43-33/h9,11-16,19-21,36H,8,10,17-18,22-23H2,1-7H3/q+1. The monoisotopic (exact) mass is 698 g/mol. The van der Waals surface area contributed by atoms with E-state index in [1.54, 1.807) is 34.9 Å². The molecule has 0 radical (unpaired) electrons. The molecule has 2 aromatic carbocycles. The Labute approximate surface area is 286 Å². The van der Waals surface area contributed by atoms with E-state index in [0.29, 0.717) is 6.54 Å². The Morgan fingerprint density at radius 2 is 1.82 bits per heavy atom. The molecule has 0 saturated heterocycles. The van der Waals surface area contributed by atoms with Gasteiger partial charge in [-0.15, -0.1) is 23.5 Å². The Balaban J connectivity index is 1.45. The molecule has 1 aliphatic heterocycles. The van der Waals surface area contributed by atoms with Crippen molar-refractivity contribution in [3.05, 3.63) is 81.4 Å². The van der Waals surface area contributed by atoms with Crippen LogP contribution in [0.5, 0.6) is 0 Å². The molecule has 0 saturated carbocycles. The summed E-state index contributed by atoms with van der Waals surface area (Å²) in [6.07, 6.45) is 17.4. The first-order chi connectivity index (χ1) is 21.4. The number of nitrogens with zero attached hydrogens (tertiary/aromatic N) is 2. The fourth-order valence-corrected chi connectivity index (χ4v) is 9.64. The molecule has 0 atom stereocenters. The summed E-state index contributed by atoms with van der Waals surface area (Å²) in [5.41, 5.74) is 6.87. The molecular weight excluding hydrogens is 655 g/mol. The molecule has 45 heavy (non-hydrogen) atoms. The number of fused-ring (bicyclic) bond motifs is 2. The van der Waals surface area contributed by atoms with Crippen molar-refractivity contribution in [3.63, 3.8) is 0 Å². The van der Waals surface area contributed by atoms with Gasteiger partial charge in [-0.05, 0) is 97.7 Å². The smallest absolute Gasteiger partial charge is 0.262 e. The number of benzene rings is 2. The van der Waals surface area contributed by atoms with Crippen molar-refractivity contribution in [1.29, 1.82) is 0 Å². The molecule has 0 unspecified atom stereocenters. The Hall–Kier alpha value is -1.95. The Bertz CT molecular complexity index is 1820. The molecule has 0 spiro atoms. The maximum absolute atomic E-state index is 11.6. The van der Waals surface area contributed by atoms with Gasteiger partial charge in [0.1, 0.15) is 4.70 Å². The van der Waals surface area contributed by atoms with Gasteiger partial charge in [-0.3, -0.25) is 0 Å². The number of rotatable bonds is 11. The van der Waals surface area contributed by atoms with Crippen LogP contribution in [0.4, 0.5) is 5.69 Å². The normalized spacial score (nSPS) is 18.7. The highest BCUT2D eigenvalue weighted by Gasteiger charge is 2.30. The number of thiazole rings is 1. The minimum atomic E-state index is -3.20. The molecule has 2 heterocycles. The van der Waals surface area contributed by atoms with Crippen molar-refractivity contribution >= 4 is 78.6 Å². The molecule has 5 nitrogen and oxygen atoms in total. The average molecular weight is 699 g/mol. The molecule has 5 rings (SSSR count). The fourth-order valence-electron chi connectivity index (χ4n) is 6.00. The van der Waals surface area contributed by atoms with E-state index in [4.69, 9.17) is 0 Å². The number of anilines is 1. The van der Waals surface area contributed by atoms with Gasteiger partial charge in [0.05, 0.1) is 17.0 Å². The number of sulfonamides is 1. The molecule has 2 aliphatic rings. The van der Waals surface area contributed by atoms with Crippen LogP contribution in [0.2, 0.25) is 0 Å². The van der Waals surface area contributed by atoms with E-state index in [1.165, 1.54) is 63.6 Å². The van der Waals surface area contributed by atoms with Crippen LogP contribution >= 0.6 is 46.6 Å². The number of allylic oxidation sites excluding steroid dienone is 6. The summed E-state index contributed by atoms with van der Waals surface area (Å²) in [5.74, 6) is 0. The first kappa shape index (κ1) is 34.4. The maximum Gasteiger partial charge on any atom is 0.262 e. The first-order valence-corrected chi connectivity index (χ1v) is 21.3. The van der Waals surface area contributed by atoms with Crippen LogP contribution in [0.1, 0.15) is 52.0 Å². The van der Waals surface area contributed by atoms with Crippen LogP contribution in [0.25, 0.3) is 16.3 Å². The van der Waals surface area contributed by atoms with Gasteiger partial charge in [-0.1, -0.05) is 49.1 Å². The second kappa shape index (κ2) is 14.4. The van der Waals surface area contributed by atoms with Crippen molar-refractivity contribution in [2.24, 2.45) is 5.41 Å². The predicted molar refractivity (Wildman–Crippen MR) is 199 cm³/mol. The third-order valence-electron chi connectivity index (χ3n) is 8.25. The highest BCUT2D eigenvalue weighted by Crippen LogP contribution is 2.49. The van der Waals surface area contributed by atoms with E-state index in [2.05, 4.69) is 115 Å².